The van der Waals surface area contributed by atoms with Crippen LogP contribution in [-0.4, -0.2) is 54.4 Å². The number of carbonyl (C=O) groups excluding carboxylic acids is 1. The van der Waals surface area contributed by atoms with E-state index in [1.54, 1.807) is 7.11 Å². The first-order valence-electron chi connectivity index (χ1n) is 6.80. The second-order valence-corrected chi connectivity index (χ2v) is 5.13. The summed E-state index contributed by atoms with van der Waals surface area (Å²) in [6.45, 7) is 4.84. The molecule has 1 saturated heterocycles. The summed E-state index contributed by atoms with van der Waals surface area (Å²) in [7, 11) is 1.59. The maximum absolute atomic E-state index is 12.2. The summed E-state index contributed by atoms with van der Waals surface area (Å²) >= 11 is 0. The molecule has 110 valence electrons. The molecule has 6 nitrogen and oxygen atoms in total. The minimum absolute atomic E-state index is 0.00435. The lowest BCUT2D eigenvalue weighted by Gasteiger charge is -2.26. The van der Waals surface area contributed by atoms with Gasteiger partial charge in [-0.05, 0) is 18.8 Å². The molecular weight excluding hydrogens is 248 g/mol. The van der Waals surface area contributed by atoms with Crippen molar-refractivity contribution in [1.82, 2.24) is 10.2 Å². The number of urea groups is 1. The average molecular weight is 272 g/mol. The lowest BCUT2D eigenvalue weighted by molar-refractivity contribution is -0.142. The Balaban J connectivity index is 2.63. The van der Waals surface area contributed by atoms with Crippen molar-refractivity contribution in [2.45, 2.75) is 45.2 Å². The summed E-state index contributed by atoms with van der Waals surface area (Å²) in [4.78, 5) is 24.8. The van der Waals surface area contributed by atoms with Gasteiger partial charge in [0.25, 0.3) is 0 Å². The van der Waals surface area contributed by atoms with Crippen LogP contribution in [0.4, 0.5) is 4.79 Å². The molecule has 0 aliphatic carbocycles. The van der Waals surface area contributed by atoms with Gasteiger partial charge in [0.05, 0.1) is 12.6 Å². The van der Waals surface area contributed by atoms with E-state index in [4.69, 9.17) is 4.74 Å². The molecule has 1 fully saturated rings. The summed E-state index contributed by atoms with van der Waals surface area (Å²) in [5.41, 5.74) is 0. The molecule has 3 atom stereocenters. The lowest BCUT2D eigenvalue weighted by atomic mass is 10.0. The first-order chi connectivity index (χ1) is 9.01. The number of likely N-dealkylation sites (tertiary alicyclic amines) is 1. The third-order valence-electron chi connectivity index (χ3n) is 3.55. The molecule has 1 rings (SSSR count). The minimum Gasteiger partial charge on any atom is -0.480 e. The highest BCUT2D eigenvalue weighted by Crippen LogP contribution is 2.24. The number of amides is 2. The van der Waals surface area contributed by atoms with E-state index in [9.17, 15) is 14.7 Å². The number of carbonyl (C=O) groups is 2. The van der Waals surface area contributed by atoms with Crippen molar-refractivity contribution in [3.05, 3.63) is 0 Å². The van der Waals surface area contributed by atoms with Crippen molar-refractivity contribution in [2.24, 2.45) is 5.92 Å². The number of nitrogens with one attached hydrogen (secondary N) is 1. The van der Waals surface area contributed by atoms with Crippen molar-refractivity contribution >= 4 is 12.0 Å². The first kappa shape index (κ1) is 15.8. The van der Waals surface area contributed by atoms with Gasteiger partial charge in [0.15, 0.2) is 0 Å². The summed E-state index contributed by atoms with van der Waals surface area (Å²) in [5, 5.41) is 12.1. The maximum atomic E-state index is 12.2. The molecule has 19 heavy (non-hydrogen) atoms. The Morgan fingerprint density at radius 2 is 2.21 bits per heavy atom. The molecule has 3 unspecified atom stereocenters. The molecule has 1 aliphatic rings. The largest absolute Gasteiger partial charge is 0.480 e. The van der Waals surface area contributed by atoms with Crippen molar-refractivity contribution in [1.29, 1.82) is 0 Å². The fourth-order valence-corrected chi connectivity index (χ4v) is 2.56. The van der Waals surface area contributed by atoms with Gasteiger partial charge < -0.3 is 20.1 Å². The van der Waals surface area contributed by atoms with Crippen LogP contribution in [0.2, 0.25) is 0 Å². The standard InChI is InChI=1S/C13H24N2O4/c1-4-5-10(8-19-3)14-13(18)15-7-6-9(2)11(15)12(16)17/h9-11H,4-8H2,1-3H3,(H,14,18)(H,16,17). The second kappa shape index (κ2) is 7.33. The van der Waals surface area contributed by atoms with Crippen LogP contribution in [-0.2, 0) is 9.53 Å². The van der Waals surface area contributed by atoms with E-state index in [2.05, 4.69) is 5.32 Å². The van der Waals surface area contributed by atoms with Gasteiger partial charge >= 0.3 is 12.0 Å². The fourth-order valence-electron chi connectivity index (χ4n) is 2.56. The van der Waals surface area contributed by atoms with Gasteiger partial charge in [-0.2, -0.15) is 0 Å². The van der Waals surface area contributed by atoms with Gasteiger partial charge in [-0.1, -0.05) is 20.3 Å². The third-order valence-corrected chi connectivity index (χ3v) is 3.55. The summed E-state index contributed by atoms with van der Waals surface area (Å²) in [5.74, 6) is -0.936. The third kappa shape index (κ3) is 4.09. The maximum Gasteiger partial charge on any atom is 0.326 e. The number of hydrogen-bond acceptors (Lipinski definition) is 3. The normalized spacial score (nSPS) is 24.3. The van der Waals surface area contributed by atoms with Crippen LogP contribution in [0.3, 0.4) is 0 Å². The molecule has 0 aromatic carbocycles. The van der Waals surface area contributed by atoms with Gasteiger partial charge in [0.1, 0.15) is 6.04 Å². The fraction of sp³-hybridized carbons (Fsp3) is 0.846. The molecule has 6 heteroatoms. The predicted molar refractivity (Wildman–Crippen MR) is 71.0 cm³/mol. The summed E-state index contributed by atoms with van der Waals surface area (Å²) in [6, 6.07) is -1.08. The first-order valence-corrected chi connectivity index (χ1v) is 6.80. The number of aliphatic carboxylic acids is 1. The molecule has 0 aromatic heterocycles. The van der Waals surface area contributed by atoms with Gasteiger partial charge in [-0.25, -0.2) is 9.59 Å². The van der Waals surface area contributed by atoms with Crippen LogP contribution >= 0.6 is 0 Å². The van der Waals surface area contributed by atoms with Gasteiger partial charge in [-0.3, -0.25) is 0 Å². The van der Waals surface area contributed by atoms with Crippen LogP contribution in [0.1, 0.15) is 33.1 Å². The molecule has 0 aromatic rings. The van der Waals surface area contributed by atoms with E-state index in [-0.39, 0.29) is 18.0 Å². The molecule has 0 bridgehead atoms. The van der Waals surface area contributed by atoms with Crippen LogP contribution in [0, 0.1) is 5.92 Å². The zero-order valence-corrected chi connectivity index (χ0v) is 11.9. The van der Waals surface area contributed by atoms with Crippen LogP contribution < -0.4 is 5.32 Å². The summed E-state index contributed by atoms with van der Waals surface area (Å²) < 4.78 is 5.07. The van der Waals surface area contributed by atoms with E-state index >= 15 is 0 Å². The van der Waals surface area contributed by atoms with Crippen molar-refractivity contribution in [2.75, 3.05) is 20.3 Å². The SMILES string of the molecule is CCCC(COC)NC(=O)N1CCC(C)C1C(=O)O. The molecule has 0 saturated carbocycles. The highest BCUT2D eigenvalue weighted by molar-refractivity contribution is 5.83. The highest BCUT2D eigenvalue weighted by atomic mass is 16.5. The Kier molecular flexibility index (Phi) is 6.08. The number of ether oxygens (including phenoxy) is 1. The number of methoxy groups -OCH3 is 1. The smallest absolute Gasteiger partial charge is 0.326 e. The Bertz CT molecular complexity index is 316. The van der Waals surface area contributed by atoms with E-state index in [0.717, 1.165) is 19.3 Å². The molecule has 0 radical (unpaired) electrons. The quantitative estimate of drug-likeness (QED) is 0.764. The van der Waals surface area contributed by atoms with Crippen molar-refractivity contribution in [3.63, 3.8) is 0 Å². The molecule has 0 spiro atoms. The zero-order chi connectivity index (χ0) is 14.4. The minimum atomic E-state index is -0.932. The molecule has 1 aliphatic heterocycles. The molecule has 1 heterocycles. The van der Waals surface area contributed by atoms with Gasteiger partial charge in [0.2, 0.25) is 0 Å². The number of carboxylic acid groups (broad SMARTS) is 1. The Morgan fingerprint density at radius 3 is 2.74 bits per heavy atom. The van der Waals surface area contributed by atoms with Crippen molar-refractivity contribution < 1.29 is 19.4 Å². The van der Waals surface area contributed by atoms with E-state index in [1.165, 1.54) is 4.90 Å². The molecule has 2 amide bonds. The van der Waals surface area contributed by atoms with Crippen LogP contribution in [0.5, 0.6) is 0 Å². The molecule has 2 N–H and O–H groups in total. The Hall–Kier alpha value is -1.30. The zero-order valence-electron chi connectivity index (χ0n) is 11.9. The van der Waals surface area contributed by atoms with Gasteiger partial charge in [-0.15, -0.1) is 0 Å². The van der Waals surface area contributed by atoms with Crippen LogP contribution in [0.25, 0.3) is 0 Å². The van der Waals surface area contributed by atoms with Crippen LogP contribution in [0.15, 0.2) is 0 Å². The van der Waals surface area contributed by atoms with E-state index < -0.39 is 12.0 Å². The Labute approximate surface area is 114 Å². The average Bonchev–Trinajstić information content (AvgIpc) is 2.72. The number of carboxylic acids is 1. The van der Waals surface area contributed by atoms with E-state index in [1.807, 2.05) is 13.8 Å². The summed E-state index contributed by atoms with van der Waals surface area (Å²) in [6.07, 6.45) is 2.49. The Morgan fingerprint density at radius 1 is 1.53 bits per heavy atom. The number of hydrogen-bond donors (Lipinski definition) is 2. The molecular formula is C13H24N2O4. The second-order valence-electron chi connectivity index (χ2n) is 5.13. The highest BCUT2D eigenvalue weighted by Gasteiger charge is 2.39. The van der Waals surface area contributed by atoms with Gasteiger partial charge in [0, 0.05) is 13.7 Å². The number of rotatable bonds is 6. The van der Waals surface area contributed by atoms with Crippen molar-refractivity contribution in [3.8, 4) is 0 Å². The topological polar surface area (TPSA) is 78.9 Å². The van der Waals surface area contributed by atoms with E-state index in [0.29, 0.717) is 13.2 Å². The predicted octanol–water partition coefficient (Wildman–Crippen LogP) is 1.31. The monoisotopic (exact) mass is 272 g/mol. The number of nitrogens with zero attached hydrogens (tertiary/aromatic N) is 1. The lowest BCUT2D eigenvalue weighted by Crippen LogP contribution is -2.51.